The van der Waals surface area contributed by atoms with Gasteiger partial charge >= 0.3 is 0 Å². The number of benzene rings is 2. The summed E-state index contributed by atoms with van der Waals surface area (Å²) in [4.78, 5) is 2.03. The molecule has 2 aromatic carbocycles. The molecule has 2 aromatic rings. The molecular weight excluding hydrogens is 344 g/mol. The molecule has 118 valence electrons. The first-order chi connectivity index (χ1) is 10.6. The van der Waals surface area contributed by atoms with Gasteiger partial charge in [-0.25, -0.2) is 0 Å². The van der Waals surface area contributed by atoms with E-state index in [0.717, 1.165) is 34.8 Å². The molecule has 0 N–H and O–H groups in total. The Balaban J connectivity index is 2.32. The molecule has 0 radical (unpaired) electrons. The fourth-order valence-electron chi connectivity index (χ4n) is 2.71. The fraction of sp³-hybridized carbons (Fsp3) is 0.333. The van der Waals surface area contributed by atoms with Crippen molar-refractivity contribution < 1.29 is 0 Å². The van der Waals surface area contributed by atoms with E-state index in [-0.39, 0.29) is 5.25 Å². The van der Waals surface area contributed by atoms with Crippen LogP contribution >= 0.6 is 50.5 Å². The van der Waals surface area contributed by atoms with Crippen LogP contribution in [0.5, 0.6) is 0 Å². The van der Waals surface area contributed by atoms with Crippen molar-refractivity contribution in [2.75, 3.05) is 5.75 Å². The van der Waals surface area contributed by atoms with E-state index in [1.165, 1.54) is 11.1 Å². The molecule has 0 nitrogen and oxygen atoms in total. The molecule has 0 spiro atoms. The Kier molecular flexibility index (Phi) is 7.61. The third kappa shape index (κ3) is 4.67. The number of hydrogen-bond acceptors (Lipinski definition) is 4. The lowest BCUT2D eigenvalue weighted by Gasteiger charge is -2.26. The van der Waals surface area contributed by atoms with Crippen LogP contribution in [0.25, 0.3) is 0 Å². The Hall–Kier alpha value is -0.160. The Morgan fingerprint density at radius 2 is 1.32 bits per heavy atom. The maximum atomic E-state index is 4.94. The molecule has 2 unspecified atom stereocenters. The van der Waals surface area contributed by atoms with Crippen LogP contribution in [0.15, 0.2) is 58.3 Å². The van der Waals surface area contributed by atoms with Crippen molar-refractivity contribution in [1.29, 1.82) is 0 Å². The van der Waals surface area contributed by atoms with Crippen molar-refractivity contribution in [3.8, 4) is 0 Å². The molecule has 22 heavy (non-hydrogen) atoms. The summed E-state index contributed by atoms with van der Waals surface area (Å²) >= 11 is 18.5. The fourth-order valence-corrected chi connectivity index (χ4v) is 4.20. The van der Waals surface area contributed by atoms with Gasteiger partial charge in [0.1, 0.15) is 0 Å². The first-order valence-corrected chi connectivity index (χ1v) is 9.54. The van der Waals surface area contributed by atoms with Crippen molar-refractivity contribution >= 4 is 50.5 Å². The maximum Gasteiger partial charge on any atom is 0.0347 e. The highest BCUT2D eigenvalue weighted by Crippen LogP contribution is 2.43. The van der Waals surface area contributed by atoms with Gasteiger partial charge in [-0.3, -0.25) is 0 Å². The van der Waals surface area contributed by atoms with Crippen molar-refractivity contribution in [3.63, 3.8) is 0 Å². The van der Waals surface area contributed by atoms with Crippen LogP contribution in [0.3, 0.4) is 0 Å². The summed E-state index contributed by atoms with van der Waals surface area (Å²) in [6, 6.07) is 16.5. The van der Waals surface area contributed by atoms with Gasteiger partial charge in [-0.2, -0.15) is 25.3 Å². The first-order valence-electron chi connectivity index (χ1n) is 7.50. The zero-order chi connectivity index (χ0) is 15.9. The summed E-state index contributed by atoms with van der Waals surface area (Å²) in [5, 5.41) is 0.113. The average Bonchev–Trinajstić information content (AvgIpc) is 2.53. The van der Waals surface area contributed by atoms with E-state index >= 15 is 0 Å². The van der Waals surface area contributed by atoms with Gasteiger partial charge in [-0.15, -0.1) is 25.3 Å². The minimum Gasteiger partial charge on any atom is -0.179 e. The molecule has 0 bridgehead atoms. The van der Waals surface area contributed by atoms with Crippen LogP contribution in [0.4, 0.5) is 0 Å². The summed E-state index contributed by atoms with van der Waals surface area (Å²) in [6.45, 7) is 0. The molecule has 0 aliphatic rings. The highest BCUT2D eigenvalue weighted by Gasteiger charge is 2.24. The van der Waals surface area contributed by atoms with E-state index in [1.54, 1.807) is 0 Å². The molecule has 0 fully saturated rings. The van der Waals surface area contributed by atoms with E-state index in [4.69, 9.17) is 12.6 Å². The maximum absolute atomic E-state index is 4.94. The zero-order valence-corrected chi connectivity index (χ0v) is 16.0. The molecule has 0 saturated heterocycles. The quantitative estimate of drug-likeness (QED) is 0.329. The monoisotopic (exact) mass is 366 g/mol. The van der Waals surface area contributed by atoms with Crippen molar-refractivity contribution in [1.82, 2.24) is 0 Å². The molecular formula is C18H22S4. The lowest BCUT2D eigenvalue weighted by molar-refractivity contribution is 0.567. The topological polar surface area (TPSA) is 0 Å². The second kappa shape index (κ2) is 9.21. The van der Waals surface area contributed by atoms with Gasteiger partial charge in [0.15, 0.2) is 0 Å². The summed E-state index contributed by atoms with van der Waals surface area (Å²) in [7, 11) is 0. The predicted octanol–water partition coefficient (Wildman–Crippen LogP) is 6.12. The SMILES string of the molecule is SCCCCC(c1ccccc1S)C(S)c1ccccc1S. The third-order valence-electron chi connectivity index (χ3n) is 3.90. The summed E-state index contributed by atoms with van der Waals surface area (Å²) in [5.41, 5.74) is 2.45. The summed E-state index contributed by atoms with van der Waals surface area (Å²) in [6.07, 6.45) is 3.34. The molecule has 4 heteroatoms. The lowest BCUT2D eigenvalue weighted by Crippen LogP contribution is -2.09. The van der Waals surface area contributed by atoms with Crippen LogP contribution in [-0.4, -0.2) is 5.75 Å². The van der Waals surface area contributed by atoms with E-state index < -0.39 is 0 Å². The van der Waals surface area contributed by atoms with Gasteiger partial charge in [0.05, 0.1) is 0 Å². The van der Waals surface area contributed by atoms with E-state index in [9.17, 15) is 0 Å². The average molecular weight is 367 g/mol. The van der Waals surface area contributed by atoms with Crippen LogP contribution in [-0.2, 0) is 0 Å². The van der Waals surface area contributed by atoms with Crippen LogP contribution in [0, 0.1) is 0 Å². The molecule has 0 aliphatic heterocycles. The van der Waals surface area contributed by atoms with Crippen molar-refractivity contribution in [2.45, 2.75) is 40.2 Å². The number of hydrogen-bond donors (Lipinski definition) is 4. The zero-order valence-electron chi connectivity index (χ0n) is 12.4. The minimum atomic E-state index is 0.113. The van der Waals surface area contributed by atoms with Gasteiger partial charge in [-0.1, -0.05) is 42.8 Å². The van der Waals surface area contributed by atoms with Gasteiger partial charge < -0.3 is 0 Å². The molecule has 0 saturated carbocycles. The largest absolute Gasteiger partial charge is 0.179 e. The molecule has 0 amide bonds. The first kappa shape index (κ1) is 18.2. The summed E-state index contributed by atoms with van der Waals surface area (Å²) < 4.78 is 0. The highest BCUT2D eigenvalue weighted by atomic mass is 32.1. The van der Waals surface area contributed by atoms with Crippen molar-refractivity contribution in [3.05, 3.63) is 59.7 Å². The Bertz CT molecular complexity index is 597. The van der Waals surface area contributed by atoms with Gasteiger partial charge in [0.2, 0.25) is 0 Å². The lowest BCUT2D eigenvalue weighted by atomic mass is 9.87. The highest BCUT2D eigenvalue weighted by molar-refractivity contribution is 7.81. The minimum absolute atomic E-state index is 0.113. The normalized spacial score (nSPS) is 13.8. The van der Waals surface area contributed by atoms with Gasteiger partial charge in [-0.05, 0) is 41.9 Å². The predicted molar refractivity (Wildman–Crippen MR) is 110 cm³/mol. The Morgan fingerprint density at radius 3 is 1.86 bits per heavy atom. The number of rotatable bonds is 7. The van der Waals surface area contributed by atoms with Gasteiger partial charge in [0.25, 0.3) is 0 Å². The van der Waals surface area contributed by atoms with Crippen LogP contribution in [0.2, 0.25) is 0 Å². The smallest absolute Gasteiger partial charge is 0.0347 e. The molecule has 0 aromatic heterocycles. The van der Waals surface area contributed by atoms with E-state index in [2.05, 4.69) is 68.2 Å². The Labute approximate surface area is 155 Å². The van der Waals surface area contributed by atoms with Crippen molar-refractivity contribution in [2.24, 2.45) is 0 Å². The van der Waals surface area contributed by atoms with E-state index in [0.29, 0.717) is 5.92 Å². The van der Waals surface area contributed by atoms with Gasteiger partial charge in [0, 0.05) is 21.0 Å². The summed E-state index contributed by atoms with van der Waals surface area (Å²) in [5.74, 6) is 1.25. The Morgan fingerprint density at radius 1 is 0.773 bits per heavy atom. The number of thiol groups is 4. The third-order valence-corrected chi connectivity index (χ3v) is 5.66. The standard InChI is InChI=1S/C18H22S4/c19-12-6-5-8-14(13-7-1-3-10-16(13)20)18(22)15-9-2-4-11-17(15)21/h1-4,7,9-11,14,18-22H,5-6,8,12H2. The second-order valence-electron chi connectivity index (χ2n) is 5.39. The number of unbranched alkanes of at least 4 members (excludes halogenated alkanes) is 1. The van der Waals surface area contributed by atoms with Crippen LogP contribution in [0.1, 0.15) is 41.6 Å². The molecule has 0 heterocycles. The molecule has 0 aliphatic carbocycles. The van der Waals surface area contributed by atoms with Crippen LogP contribution < -0.4 is 0 Å². The second-order valence-corrected chi connectivity index (χ2v) is 7.36. The molecule has 2 rings (SSSR count). The van der Waals surface area contributed by atoms with E-state index in [1.807, 2.05) is 18.2 Å². The molecule has 2 atom stereocenters.